The highest BCUT2D eigenvalue weighted by Crippen LogP contribution is 2.32. The van der Waals surface area contributed by atoms with Crippen LogP contribution in [0.2, 0.25) is 0 Å². The molecular weight excluding hydrogens is 420 g/mol. The van der Waals surface area contributed by atoms with E-state index in [9.17, 15) is 20.1 Å². The van der Waals surface area contributed by atoms with Gasteiger partial charge in [-0.05, 0) is 37.7 Å². The molecule has 2 amide bonds. The summed E-state index contributed by atoms with van der Waals surface area (Å²) in [5.74, 6) is -0.934. The molecule has 0 spiro atoms. The van der Waals surface area contributed by atoms with Crippen molar-refractivity contribution in [1.29, 1.82) is 5.26 Å². The van der Waals surface area contributed by atoms with Crippen LogP contribution in [-0.2, 0) is 9.59 Å². The maximum absolute atomic E-state index is 13.5. The van der Waals surface area contributed by atoms with Crippen molar-refractivity contribution >= 4 is 17.8 Å². The molecule has 0 unspecified atom stereocenters. The Morgan fingerprint density at radius 2 is 1.67 bits per heavy atom. The molecule has 3 aliphatic rings. The van der Waals surface area contributed by atoms with Gasteiger partial charge in [0.05, 0.1) is 11.8 Å². The molecule has 3 heterocycles. The molecule has 3 atom stereocenters. The number of nitrogens with zero attached hydrogens (tertiary/aromatic N) is 5. The second kappa shape index (κ2) is 10.7. The van der Waals surface area contributed by atoms with Gasteiger partial charge >= 0.3 is 0 Å². The zero-order chi connectivity index (χ0) is 23.2. The smallest absolute Gasteiger partial charge is 0.249 e. The molecule has 9 heteroatoms. The minimum Gasteiger partial charge on any atom is -0.342 e. The van der Waals surface area contributed by atoms with Crippen LogP contribution in [0.25, 0.3) is 0 Å². The molecule has 176 valence electrons. The number of guanidine groups is 1. The van der Waals surface area contributed by atoms with E-state index in [0.717, 1.165) is 38.8 Å². The van der Waals surface area contributed by atoms with Gasteiger partial charge in [-0.1, -0.05) is 30.3 Å². The van der Waals surface area contributed by atoms with Gasteiger partial charge in [-0.25, -0.2) is 5.48 Å². The summed E-state index contributed by atoms with van der Waals surface area (Å²) >= 11 is 0. The van der Waals surface area contributed by atoms with Crippen LogP contribution < -0.4 is 5.48 Å². The summed E-state index contributed by atoms with van der Waals surface area (Å²) < 4.78 is 0. The van der Waals surface area contributed by atoms with Crippen LogP contribution in [0.5, 0.6) is 0 Å². The summed E-state index contributed by atoms with van der Waals surface area (Å²) in [6.07, 6.45) is 6.51. The predicted octanol–water partition coefficient (Wildman–Crippen LogP) is 1.77. The SMILES string of the molecule is N#CN=C(N1CCCCC1)N1CC[C@H](C(=O)N2CC[C@H](c3ccccc3)C2)[C@@H](C(=O)NO)C1. The number of amides is 2. The number of nitriles is 1. The first-order chi connectivity index (χ1) is 16.1. The molecule has 3 fully saturated rings. The van der Waals surface area contributed by atoms with Crippen molar-refractivity contribution in [2.24, 2.45) is 16.8 Å². The Bertz CT molecular complexity index is 909. The van der Waals surface area contributed by atoms with Crippen molar-refractivity contribution in [2.45, 2.75) is 38.0 Å². The fourth-order valence-corrected chi connectivity index (χ4v) is 5.45. The summed E-state index contributed by atoms with van der Waals surface area (Å²) in [5, 5.41) is 18.6. The van der Waals surface area contributed by atoms with E-state index in [1.165, 1.54) is 5.56 Å². The summed E-state index contributed by atoms with van der Waals surface area (Å²) in [6, 6.07) is 10.2. The molecule has 33 heavy (non-hydrogen) atoms. The molecule has 3 saturated heterocycles. The van der Waals surface area contributed by atoms with Crippen molar-refractivity contribution in [3.63, 3.8) is 0 Å². The zero-order valence-corrected chi connectivity index (χ0v) is 18.9. The lowest BCUT2D eigenvalue weighted by molar-refractivity contribution is -0.147. The molecule has 0 saturated carbocycles. The van der Waals surface area contributed by atoms with Gasteiger partial charge in [0.1, 0.15) is 0 Å². The molecule has 0 aromatic heterocycles. The van der Waals surface area contributed by atoms with Crippen LogP contribution in [-0.4, -0.2) is 76.9 Å². The number of piperidine rings is 2. The predicted molar refractivity (Wildman–Crippen MR) is 122 cm³/mol. The highest BCUT2D eigenvalue weighted by Gasteiger charge is 2.43. The van der Waals surface area contributed by atoms with Gasteiger partial charge in [0.15, 0.2) is 0 Å². The number of nitrogens with one attached hydrogen (secondary N) is 1. The Balaban J connectivity index is 1.47. The van der Waals surface area contributed by atoms with Gasteiger partial charge in [0.25, 0.3) is 0 Å². The van der Waals surface area contributed by atoms with Crippen molar-refractivity contribution in [2.75, 3.05) is 39.3 Å². The lowest BCUT2D eigenvalue weighted by Crippen LogP contribution is -2.56. The summed E-state index contributed by atoms with van der Waals surface area (Å²) in [6.45, 7) is 3.75. The number of carbonyl (C=O) groups excluding carboxylic acids is 2. The average molecular weight is 453 g/mol. The maximum Gasteiger partial charge on any atom is 0.249 e. The van der Waals surface area contributed by atoms with Gasteiger partial charge < -0.3 is 14.7 Å². The van der Waals surface area contributed by atoms with Crippen LogP contribution in [0.4, 0.5) is 0 Å². The Morgan fingerprint density at radius 3 is 2.36 bits per heavy atom. The number of aliphatic imine (C=N–C) groups is 1. The van der Waals surface area contributed by atoms with E-state index in [2.05, 4.69) is 22.0 Å². The monoisotopic (exact) mass is 452 g/mol. The largest absolute Gasteiger partial charge is 0.342 e. The molecule has 1 aromatic carbocycles. The van der Waals surface area contributed by atoms with Crippen LogP contribution in [0.1, 0.15) is 43.6 Å². The highest BCUT2D eigenvalue weighted by molar-refractivity contribution is 5.89. The van der Waals surface area contributed by atoms with Crippen LogP contribution in [0.3, 0.4) is 0 Å². The van der Waals surface area contributed by atoms with Crippen molar-refractivity contribution in [3.05, 3.63) is 35.9 Å². The van der Waals surface area contributed by atoms with Gasteiger partial charge in [-0.15, -0.1) is 4.99 Å². The third-order valence-electron chi connectivity index (χ3n) is 7.22. The average Bonchev–Trinajstić information content (AvgIpc) is 3.37. The summed E-state index contributed by atoms with van der Waals surface area (Å²) in [5.41, 5.74) is 2.99. The summed E-state index contributed by atoms with van der Waals surface area (Å²) in [4.78, 5) is 36.0. The van der Waals surface area contributed by atoms with Crippen molar-refractivity contribution in [3.8, 4) is 6.19 Å². The summed E-state index contributed by atoms with van der Waals surface area (Å²) in [7, 11) is 0. The third-order valence-corrected chi connectivity index (χ3v) is 7.22. The van der Waals surface area contributed by atoms with Crippen LogP contribution in [0, 0.1) is 23.3 Å². The highest BCUT2D eigenvalue weighted by atomic mass is 16.5. The van der Waals surface area contributed by atoms with E-state index >= 15 is 0 Å². The second-order valence-corrected chi connectivity index (χ2v) is 9.16. The first kappa shape index (κ1) is 23.1. The molecule has 3 aliphatic heterocycles. The Morgan fingerprint density at radius 1 is 0.939 bits per heavy atom. The molecule has 0 aliphatic carbocycles. The standard InChI is InChI=1S/C24H32N6O3/c25-17-26-24(28-11-5-2-6-12-28)30-14-10-20(21(16-30)22(31)27-33)23(32)29-13-9-19(15-29)18-7-3-1-4-8-18/h1,3-4,7-8,19-21,33H,2,5-6,9-16H2,(H,27,31)/t19-,20-,21-/m0/s1. The fourth-order valence-electron chi connectivity index (χ4n) is 5.45. The van der Waals surface area contributed by atoms with E-state index in [-0.39, 0.29) is 12.5 Å². The zero-order valence-electron chi connectivity index (χ0n) is 18.9. The van der Waals surface area contributed by atoms with Crippen LogP contribution in [0.15, 0.2) is 35.3 Å². The lowest BCUT2D eigenvalue weighted by Gasteiger charge is -2.42. The number of rotatable bonds is 3. The first-order valence-corrected chi connectivity index (χ1v) is 11.9. The number of benzene rings is 1. The van der Waals surface area contributed by atoms with E-state index in [1.807, 2.05) is 34.2 Å². The number of hydrogen-bond donors (Lipinski definition) is 2. The quantitative estimate of drug-likeness (QED) is 0.238. The van der Waals surface area contributed by atoms with E-state index in [1.54, 1.807) is 5.48 Å². The molecule has 9 nitrogen and oxygen atoms in total. The van der Waals surface area contributed by atoms with Gasteiger partial charge in [-0.2, -0.15) is 5.26 Å². The van der Waals surface area contributed by atoms with Crippen molar-refractivity contribution in [1.82, 2.24) is 20.2 Å². The third kappa shape index (κ3) is 5.11. The Labute approximate surface area is 194 Å². The Kier molecular flexibility index (Phi) is 7.45. The molecule has 0 radical (unpaired) electrons. The topological polar surface area (TPSA) is 112 Å². The Hall–Kier alpha value is -3.12. The number of hydrogen-bond acceptors (Lipinski definition) is 5. The van der Waals surface area contributed by atoms with Gasteiger partial charge in [0.2, 0.25) is 24.0 Å². The minimum absolute atomic E-state index is 0.0292. The number of carbonyl (C=O) groups is 2. The minimum atomic E-state index is -0.708. The maximum atomic E-state index is 13.5. The number of hydroxylamine groups is 1. The van der Waals surface area contributed by atoms with Crippen LogP contribution >= 0.6 is 0 Å². The van der Waals surface area contributed by atoms with E-state index < -0.39 is 17.7 Å². The van der Waals surface area contributed by atoms with Gasteiger partial charge in [0, 0.05) is 45.2 Å². The molecule has 2 N–H and O–H groups in total. The normalized spacial score (nSPS) is 26.1. The van der Waals surface area contributed by atoms with E-state index in [4.69, 9.17) is 0 Å². The van der Waals surface area contributed by atoms with E-state index in [0.29, 0.717) is 37.9 Å². The lowest BCUT2D eigenvalue weighted by atomic mass is 9.83. The van der Waals surface area contributed by atoms with Gasteiger partial charge in [-0.3, -0.25) is 14.8 Å². The molecule has 0 bridgehead atoms. The van der Waals surface area contributed by atoms with Crippen molar-refractivity contribution < 1.29 is 14.8 Å². The molecule has 4 rings (SSSR count). The molecular formula is C24H32N6O3. The first-order valence-electron chi connectivity index (χ1n) is 11.9. The molecule has 1 aromatic rings. The second-order valence-electron chi connectivity index (χ2n) is 9.16. The fraction of sp³-hybridized carbons (Fsp3) is 0.583. The number of likely N-dealkylation sites (tertiary alicyclic amines) is 3.